The number of para-hydroxylation sites is 1. The van der Waals surface area contributed by atoms with E-state index in [-0.39, 0.29) is 12.3 Å². The Labute approximate surface area is 140 Å². The first-order chi connectivity index (χ1) is 10.2. The van der Waals surface area contributed by atoms with E-state index in [4.69, 9.17) is 0 Å². The summed E-state index contributed by atoms with van der Waals surface area (Å²) in [5, 5.41) is 13.4. The van der Waals surface area contributed by atoms with Crippen molar-refractivity contribution in [3.05, 3.63) is 29.3 Å². The molecule has 3 nitrogen and oxygen atoms in total. The van der Waals surface area contributed by atoms with Gasteiger partial charge in [0, 0.05) is 16.5 Å². The number of hydrogen-bond acceptors (Lipinski definition) is 2. The SMILES string of the molecule is O=C(Cc1cccc(C2CCCCC2)c1O)NCCCI. The smallest absolute Gasteiger partial charge is 0.224 e. The number of phenolic OH excluding ortho intramolecular Hbond substituents is 1. The Bertz CT molecular complexity index is 470. The first-order valence-corrected chi connectivity index (χ1v) is 9.38. The lowest BCUT2D eigenvalue weighted by molar-refractivity contribution is -0.120. The van der Waals surface area contributed by atoms with Crippen LogP contribution in [0, 0.1) is 0 Å². The van der Waals surface area contributed by atoms with Crippen LogP contribution in [0.5, 0.6) is 5.75 Å². The molecule has 0 spiro atoms. The highest BCUT2D eigenvalue weighted by molar-refractivity contribution is 14.1. The van der Waals surface area contributed by atoms with E-state index < -0.39 is 0 Å². The molecule has 2 rings (SSSR count). The number of halogens is 1. The van der Waals surface area contributed by atoms with E-state index in [1.54, 1.807) is 0 Å². The fourth-order valence-electron chi connectivity index (χ4n) is 3.03. The Morgan fingerprint density at radius 2 is 2.05 bits per heavy atom. The summed E-state index contributed by atoms with van der Waals surface area (Å²) >= 11 is 2.30. The number of carbonyl (C=O) groups is 1. The Morgan fingerprint density at radius 1 is 1.29 bits per heavy atom. The number of hydrogen-bond donors (Lipinski definition) is 2. The molecule has 0 bridgehead atoms. The molecule has 0 atom stereocenters. The Balaban J connectivity index is 2.01. The van der Waals surface area contributed by atoms with Crippen molar-refractivity contribution < 1.29 is 9.90 Å². The second-order valence-electron chi connectivity index (χ2n) is 5.76. The van der Waals surface area contributed by atoms with E-state index in [1.165, 1.54) is 19.3 Å². The average molecular weight is 401 g/mol. The number of amides is 1. The molecule has 1 aromatic rings. The van der Waals surface area contributed by atoms with E-state index in [2.05, 4.69) is 27.9 Å². The number of phenols is 1. The highest BCUT2D eigenvalue weighted by Gasteiger charge is 2.20. The van der Waals surface area contributed by atoms with Gasteiger partial charge >= 0.3 is 0 Å². The summed E-state index contributed by atoms with van der Waals surface area (Å²) in [6, 6.07) is 5.85. The van der Waals surface area contributed by atoms with Gasteiger partial charge in [-0.15, -0.1) is 0 Å². The molecule has 116 valence electrons. The van der Waals surface area contributed by atoms with Gasteiger partial charge < -0.3 is 10.4 Å². The molecule has 1 amide bonds. The summed E-state index contributed by atoms with van der Waals surface area (Å²) in [5.41, 5.74) is 1.79. The maximum Gasteiger partial charge on any atom is 0.224 e. The summed E-state index contributed by atoms with van der Waals surface area (Å²) in [5.74, 6) is 0.796. The minimum absolute atomic E-state index is 0.00376. The standard InChI is InChI=1S/C17H24INO2/c18-10-5-11-19-16(20)12-14-8-4-9-15(17(14)21)13-6-2-1-3-7-13/h4,8-9,13,21H,1-3,5-7,10-12H2,(H,19,20). The average Bonchev–Trinajstić information content (AvgIpc) is 2.50. The van der Waals surface area contributed by atoms with Gasteiger partial charge in [0.2, 0.25) is 5.91 Å². The second-order valence-corrected chi connectivity index (χ2v) is 6.84. The van der Waals surface area contributed by atoms with E-state index in [0.717, 1.165) is 34.8 Å². The highest BCUT2D eigenvalue weighted by atomic mass is 127. The molecule has 1 aliphatic rings. The van der Waals surface area contributed by atoms with Crippen LogP contribution in [0.2, 0.25) is 0 Å². The number of aromatic hydroxyl groups is 1. The van der Waals surface area contributed by atoms with Crippen LogP contribution in [0.3, 0.4) is 0 Å². The molecule has 21 heavy (non-hydrogen) atoms. The van der Waals surface area contributed by atoms with Crippen LogP contribution in [0.25, 0.3) is 0 Å². The van der Waals surface area contributed by atoms with Crippen LogP contribution in [0.1, 0.15) is 55.6 Å². The lowest BCUT2D eigenvalue weighted by atomic mass is 9.83. The van der Waals surface area contributed by atoms with Crippen molar-refractivity contribution in [1.82, 2.24) is 5.32 Å². The largest absolute Gasteiger partial charge is 0.507 e. The zero-order chi connectivity index (χ0) is 15.1. The van der Waals surface area contributed by atoms with Crippen LogP contribution < -0.4 is 5.32 Å². The van der Waals surface area contributed by atoms with Gasteiger partial charge in [-0.25, -0.2) is 0 Å². The number of carbonyl (C=O) groups excluding carboxylic acids is 1. The van der Waals surface area contributed by atoms with Gasteiger partial charge in [-0.3, -0.25) is 4.79 Å². The molecule has 1 aromatic carbocycles. The number of benzene rings is 1. The van der Waals surface area contributed by atoms with Crippen LogP contribution in [0.15, 0.2) is 18.2 Å². The van der Waals surface area contributed by atoms with Crippen molar-refractivity contribution >= 4 is 28.5 Å². The van der Waals surface area contributed by atoms with E-state index in [1.807, 2.05) is 18.2 Å². The van der Waals surface area contributed by atoms with Crippen molar-refractivity contribution in [2.45, 2.75) is 50.9 Å². The van der Waals surface area contributed by atoms with Crippen molar-refractivity contribution in [2.75, 3.05) is 11.0 Å². The number of alkyl halides is 1. The van der Waals surface area contributed by atoms with Gasteiger partial charge in [-0.2, -0.15) is 0 Å². The van der Waals surface area contributed by atoms with Crippen LogP contribution in [-0.2, 0) is 11.2 Å². The number of rotatable bonds is 6. The first-order valence-electron chi connectivity index (χ1n) is 7.85. The van der Waals surface area contributed by atoms with E-state index >= 15 is 0 Å². The molecule has 0 aromatic heterocycles. The van der Waals surface area contributed by atoms with Crippen molar-refractivity contribution in [1.29, 1.82) is 0 Å². The maximum atomic E-state index is 11.9. The molecular formula is C17H24INO2. The predicted octanol–water partition coefficient (Wildman–Crippen LogP) is 3.92. The maximum absolute atomic E-state index is 11.9. The normalized spacial score (nSPS) is 15.9. The van der Waals surface area contributed by atoms with Crippen LogP contribution in [-0.4, -0.2) is 22.0 Å². The molecule has 0 aliphatic heterocycles. The van der Waals surface area contributed by atoms with Gasteiger partial charge in [0.25, 0.3) is 0 Å². The lowest BCUT2D eigenvalue weighted by Gasteiger charge is -2.23. The molecule has 0 unspecified atom stereocenters. The van der Waals surface area contributed by atoms with Crippen LogP contribution >= 0.6 is 22.6 Å². The predicted molar refractivity (Wildman–Crippen MR) is 94.2 cm³/mol. The summed E-state index contributed by atoms with van der Waals surface area (Å²) in [6.07, 6.45) is 7.35. The summed E-state index contributed by atoms with van der Waals surface area (Å²) in [7, 11) is 0. The molecule has 1 fully saturated rings. The molecular weight excluding hydrogens is 377 g/mol. The van der Waals surface area contributed by atoms with E-state index in [9.17, 15) is 9.90 Å². The third kappa shape index (κ3) is 4.87. The zero-order valence-electron chi connectivity index (χ0n) is 12.4. The Hall–Kier alpha value is -0.780. The Morgan fingerprint density at radius 3 is 2.76 bits per heavy atom. The lowest BCUT2D eigenvalue weighted by Crippen LogP contribution is -2.26. The van der Waals surface area contributed by atoms with Crippen molar-refractivity contribution in [2.24, 2.45) is 0 Å². The van der Waals surface area contributed by atoms with E-state index in [0.29, 0.717) is 18.2 Å². The molecule has 2 N–H and O–H groups in total. The molecule has 1 aliphatic carbocycles. The topological polar surface area (TPSA) is 49.3 Å². The van der Waals surface area contributed by atoms with Crippen molar-refractivity contribution in [3.63, 3.8) is 0 Å². The zero-order valence-corrected chi connectivity index (χ0v) is 14.6. The Kier molecular flexibility index (Phi) is 6.80. The summed E-state index contributed by atoms with van der Waals surface area (Å²) in [6.45, 7) is 0.713. The fourth-order valence-corrected chi connectivity index (χ4v) is 3.41. The first kappa shape index (κ1) is 16.6. The molecule has 0 heterocycles. The second kappa shape index (κ2) is 8.61. The third-order valence-corrected chi connectivity index (χ3v) is 4.94. The minimum Gasteiger partial charge on any atom is -0.507 e. The molecule has 0 saturated heterocycles. The van der Waals surface area contributed by atoms with Gasteiger partial charge in [-0.05, 0) is 30.7 Å². The summed E-state index contributed by atoms with van der Waals surface area (Å²) in [4.78, 5) is 11.9. The van der Waals surface area contributed by atoms with Crippen molar-refractivity contribution in [3.8, 4) is 5.75 Å². The monoisotopic (exact) mass is 401 g/mol. The van der Waals surface area contributed by atoms with Crippen LogP contribution in [0.4, 0.5) is 0 Å². The highest BCUT2D eigenvalue weighted by Crippen LogP contribution is 2.38. The minimum atomic E-state index is -0.00376. The summed E-state index contributed by atoms with van der Waals surface area (Å²) < 4.78 is 1.04. The van der Waals surface area contributed by atoms with Gasteiger partial charge in [0.1, 0.15) is 5.75 Å². The van der Waals surface area contributed by atoms with Gasteiger partial charge in [-0.1, -0.05) is 60.1 Å². The molecule has 1 saturated carbocycles. The molecule has 0 radical (unpaired) electrons. The van der Waals surface area contributed by atoms with Gasteiger partial charge in [0.15, 0.2) is 0 Å². The fraction of sp³-hybridized carbons (Fsp3) is 0.588. The third-order valence-electron chi connectivity index (χ3n) is 4.18. The molecule has 4 heteroatoms. The number of nitrogens with one attached hydrogen (secondary N) is 1. The van der Waals surface area contributed by atoms with Gasteiger partial charge in [0.05, 0.1) is 6.42 Å². The quantitative estimate of drug-likeness (QED) is 0.431.